The maximum atomic E-state index is 12.4. The van der Waals surface area contributed by atoms with E-state index in [9.17, 15) is 14.7 Å². The number of carbonyl (C=O) groups excluding carboxylic acids is 2. The molecule has 2 heterocycles. The molecule has 0 radical (unpaired) electrons. The molecule has 4 aliphatic carbocycles. The Morgan fingerprint density at radius 3 is 2.43 bits per heavy atom. The van der Waals surface area contributed by atoms with Gasteiger partial charge in [-0.2, -0.15) is 0 Å². The van der Waals surface area contributed by atoms with E-state index in [1.165, 1.54) is 0 Å². The molecule has 1 N–H and O–H groups in total. The van der Waals surface area contributed by atoms with Crippen molar-refractivity contribution in [3.05, 3.63) is 23.8 Å². The van der Waals surface area contributed by atoms with Crippen LogP contribution in [0.15, 0.2) is 23.8 Å². The van der Waals surface area contributed by atoms with E-state index in [0.717, 1.165) is 44.9 Å². The van der Waals surface area contributed by atoms with Gasteiger partial charge in [0.1, 0.15) is 17.3 Å². The van der Waals surface area contributed by atoms with E-state index in [4.69, 9.17) is 9.47 Å². The molecule has 4 fully saturated rings. The molecule has 2 aliphatic heterocycles. The molecule has 1 unspecified atom stereocenters. The van der Waals surface area contributed by atoms with Crippen LogP contribution >= 0.6 is 0 Å². The van der Waals surface area contributed by atoms with Crippen molar-refractivity contribution < 1.29 is 24.2 Å². The highest BCUT2D eigenvalue weighted by Crippen LogP contribution is 2.87. The molecule has 0 aromatic carbocycles. The number of esters is 2. The fourth-order valence-electron chi connectivity index (χ4n) is 10.7. The average Bonchev–Trinajstić information content (AvgIpc) is 3.38. The average molecular weight is 483 g/mol. The van der Waals surface area contributed by atoms with E-state index in [-0.39, 0.29) is 39.5 Å². The van der Waals surface area contributed by atoms with Gasteiger partial charge in [-0.1, -0.05) is 26.0 Å². The summed E-state index contributed by atoms with van der Waals surface area (Å²) in [6, 6.07) is 0. The molecule has 0 bridgehead atoms. The van der Waals surface area contributed by atoms with Crippen molar-refractivity contribution in [2.45, 2.75) is 110 Å². The second-order valence-electron chi connectivity index (χ2n) is 14.1. The summed E-state index contributed by atoms with van der Waals surface area (Å²) in [4.78, 5) is 24.7. The molecule has 6 aliphatic rings. The van der Waals surface area contributed by atoms with Crippen LogP contribution in [-0.2, 0) is 19.1 Å². The van der Waals surface area contributed by atoms with Gasteiger partial charge < -0.3 is 14.6 Å². The number of ether oxygens (including phenoxy) is 2. The van der Waals surface area contributed by atoms with E-state index in [0.29, 0.717) is 23.8 Å². The first-order valence-corrected chi connectivity index (χ1v) is 13.8. The monoisotopic (exact) mass is 482 g/mol. The van der Waals surface area contributed by atoms with Gasteiger partial charge in [0.2, 0.25) is 0 Å². The highest BCUT2D eigenvalue weighted by atomic mass is 16.6. The first-order chi connectivity index (χ1) is 16.2. The first kappa shape index (κ1) is 23.8. The van der Waals surface area contributed by atoms with E-state index in [2.05, 4.69) is 33.8 Å². The highest BCUT2D eigenvalue weighted by molar-refractivity contribution is 5.88. The second-order valence-corrected chi connectivity index (χ2v) is 14.1. The van der Waals surface area contributed by atoms with Crippen LogP contribution < -0.4 is 0 Å². The lowest BCUT2D eigenvalue weighted by atomic mass is 9.43. The van der Waals surface area contributed by atoms with Crippen molar-refractivity contribution in [1.82, 2.24) is 0 Å². The van der Waals surface area contributed by atoms with Crippen molar-refractivity contribution in [1.29, 1.82) is 0 Å². The SMILES string of the molecule is CC1=CC[C@H]([C@](C)(O)[C@H]2CC[C@@]3(C)[C@@H]4CC[C@H]5C(C)(C)OC(=O)C=C[C@@]56C[C@@]46CCC23C)OC1=O. The molecule has 2 spiro atoms. The topological polar surface area (TPSA) is 72.8 Å². The number of hydrogen-bond donors (Lipinski definition) is 1. The molecular weight excluding hydrogens is 440 g/mol. The van der Waals surface area contributed by atoms with Crippen molar-refractivity contribution in [2.24, 2.45) is 39.4 Å². The molecule has 9 atom stereocenters. The Kier molecular flexibility index (Phi) is 4.63. The summed E-state index contributed by atoms with van der Waals surface area (Å²) in [6.07, 6.45) is 13.6. The molecule has 5 nitrogen and oxygen atoms in total. The van der Waals surface area contributed by atoms with Crippen LogP contribution in [0.3, 0.4) is 0 Å². The van der Waals surface area contributed by atoms with Crippen molar-refractivity contribution in [3.8, 4) is 0 Å². The predicted octanol–water partition coefficient (Wildman–Crippen LogP) is 5.51. The molecule has 5 heteroatoms. The van der Waals surface area contributed by atoms with Crippen molar-refractivity contribution in [3.63, 3.8) is 0 Å². The zero-order valence-electron chi connectivity index (χ0n) is 22.3. The number of carbonyl (C=O) groups is 2. The zero-order chi connectivity index (χ0) is 25.2. The Morgan fingerprint density at radius 2 is 1.71 bits per heavy atom. The van der Waals surface area contributed by atoms with E-state index >= 15 is 0 Å². The lowest BCUT2D eigenvalue weighted by molar-refractivity contribution is -0.195. The fraction of sp³-hybridized carbons (Fsp3) is 0.800. The number of allylic oxidation sites excluding steroid dienone is 1. The van der Waals surface area contributed by atoms with E-state index in [1.807, 2.05) is 13.0 Å². The number of fused-ring (bicyclic) bond motifs is 2. The van der Waals surface area contributed by atoms with Crippen molar-refractivity contribution in [2.75, 3.05) is 0 Å². The molecule has 0 aromatic heterocycles. The summed E-state index contributed by atoms with van der Waals surface area (Å²) in [5, 5.41) is 12.0. The van der Waals surface area contributed by atoms with Crippen LogP contribution in [-0.4, -0.2) is 34.4 Å². The third-order valence-electron chi connectivity index (χ3n) is 12.6. The summed E-state index contributed by atoms with van der Waals surface area (Å²) < 4.78 is 11.7. The number of aliphatic hydroxyl groups is 1. The van der Waals surface area contributed by atoms with Gasteiger partial charge >= 0.3 is 11.9 Å². The van der Waals surface area contributed by atoms with Gasteiger partial charge in [-0.25, -0.2) is 9.59 Å². The summed E-state index contributed by atoms with van der Waals surface area (Å²) in [7, 11) is 0. The Labute approximate surface area is 209 Å². The first-order valence-electron chi connectivity index (χ1n) is 13.8. The van der Waals surface area contributed by atoms with Gasteiger partial charge in [-0.15, -0.1) is 0 Å². The summed E-state index contributed by atoms with van der Waals surface area (Å²) in [6.45, 7) is 12.8. The largest absolute Gasteiger partial charge is 0.456 e. The summed E-state index contributed by atoms with van der Waals surface area (Å²) >= 11 is 0. The molecule has 35 heavy (non-hydrogen) atoms. The predicted molar refractivity (Wildman–Crippen MR) is 132 cm³/mol. The van der Waals surface area contributed by atoms with Crippen LogP contribution in [0.2, 0.25) is 0 Å². The molecule has 4 saturated carbocycles. The maximum Gasteiger partial charge on any atom is 0.333 e. The lowest BCUT2D eigenvalue weighted by Crippen LogP contribution is -2.60. The zero-order valence-corrected chi connectivity index (χ0v) is 22.3. The normalized spacial score (nSPS) is 51.3. The van der Waals surface area contributed by atoms with Crippen LogP contribution in [0, 0.1) is 39.4 Å². The van der Waals surface area contributed by atoms with Crippen molar-refractivity contribution >= 4 is 11.9 Å². The maximum absolute atomic E-state index is 12.4. The fourth-order valence-corrected chi connectivity index (χ4v) is 10.7. The van der Waals surface area contributed by atoms with Gasteiger partial charge in [0, 0.05) is 29.4 Å². The van der Waals surface area contributed by atoms with Crippen LogP contribution in [0.1, 0.15) is 92.9 Å². The van der Waals surface area contributed by atoms with Gasteiger partial charge in [0.15, 0.2) is 0 Å². The number of hydrogen-bond acceptors (Lipinski definition) is 5. The quantitative estimate of drug-likeness (QED) is 0.526. The standard InChI is InChI=1S/C30H42O5/c1-18-7-10-22(34-24(18)32)28(6,33)20-11-13-26(4)21-9-8-19-25(2,3)35-23(31)12-14-29(19)17-30(21,29)16-15-27(20,26)5/h7,12,14,19-22,33H,8-11,13,15-17H2,1-6H3/t19-,20-,21-,22+,26-,27?,28+,29+,30-/m0/s1. The minimum atomic E-state index is -1.06. The van der Waals surface area contributed by atoms with Crippen LogP contribution in [0.4, 0.5) is 0 Å². The molecule has 0 aromatic rings. The Hall–Kier alpha value is -1.62. The molecule has 192 valence electrons. The molecule has 0 saturated heterocycles. The lowest BCUT2D eigenvalue weighted by Gasteiger charge is -2.62. The van der Waals surface area contributed by atoms with Crippen LogP contribution in [0.25, 0.3) is 0 Å². The number of rotatable bonds is 2. The third-order valence-corrected chi connectivity index (χ3v) is 12.6. The summed E-state index contributed by atoms with van der Waals surface area (Å²) in [5.74, 6) is 0.509. The summed E-state index contributed by atoms with van der Waals surface area (Å²) in [5.41, 5.74) is -0.518. The number of cyclic esters (lactones) is 2. The van der Waals surface area contributed by atoms with Crippen LogP contribution in [0.5, 0.6) is 0 Å². The van der Waals surface area contributed by atoms with Gasteiger partial charge in [-0.05, 0) is 101 Å². The smallest absolute Gasteiger partial charge is 0.333 e. The Balaban J connectivity index is 1.34. The third kappa shape index (κ3) is 2.74. The van der Waals surface area contributed by atoms with Gasteiger partial charge in [-0.3, -0.25) is 0 Å². The van der Waals surface area contributed by atoms with E-state index in [1.54, 1.807) is 13.0 Å². The Bertz CT molecular complexity index is 1050. The Morgan fingerprint density at radius 1 is 1.00 bits per heavy atom. The second kappa shape index (κ2) is 6.82. The molecular formula is C30H42O5. The minimum absolute atomic E-state index is 0.0259. The molecule has 6 rings (SSSR count). The van der Waals surface area contributed by atoms with Gasteiger partial charge in [0.05, 0.1) is 0 Å². The van der Waals surface area contributed by atoms with Gasteiger partial charge in [0.25, 0.3) is 0 Å². The van der Waals surface area contributed by atoms with E-state index < -0.39 is 17.3 Å². The molecule has 0 amide bonds. The minimum Gasteiger partial charge on any atom is -0.456 e. The highest BCUT2D eigenvalue weighted by Gasteiger charge is 2.82.